The Bertz CT molecular complexity index is 813. The molecule has 0 saturated heterocycles. The summed E-state index contributed by atoms with van der Waals surface area (Å²) in [5.74, 6) is 0.389. The van der Waals surface area contributed by atoms with Crippen molar-refractivity contribution in [3.63, 3.8) is 0 Å². The van der Waals surface area contributed by atoms with E-state index in [0.717, 1.165) is 22.5 Å². The summed E-state index contributed by atoms with van der Waals surface area (Å²) in [4.78, 5) is 8.86. The fourth-order valence-corrected chi connectivity index (χ4v) is 2.72. The van der Waals surface area contributed by atoms with Gasteiger partial charge in [-0.05, 0) is 43.4 Å². The lowest BCUT2D eigenvalue weighted by Gasteiger charge is -2.10. The molecule has 0 radical (unpaired) electrons. The van der Waals surface area contributed by atoms with Gasteiger partial charge in [-0.2, -0.15) is 4.98 Å². The Balaban J connectivity index is 2.09. The van der Waals surface area contributed by atoms with Crippen molar-refractivity contribution >= 4 is 17.5 Å². The van der Waals surface area contributed by atoms with E-state index in [2.05, 4.69) is 15.1 Å². The van der Waals surface area contributed by atoms with Crippen molar-refractivity contribution in [3.05, 3.63) is 52.6 Å². The largest absolute Gasteiger partial charge is 0.253 e. The van der Waals surface area contributed by atoms with Gasteiger partial charge >= 0.3 is 0 Å². The van der Waals surface area contributed by atoms with Crippen LogP contribution < -0.4 is 0 Å². The molecule has 0 saturated carbocycles. The maximum atomic E-state index is 13.3. The van der Waals surface area contributed by atoms with E-state index in [-0.39, 0.29) is 5.82 Å². The molecule has 108 valence electrons. The van der Waals surface area contributed by atoms with Crippen LogP contribution in [-0.4, -0.2) is 25.8 Å². The minimum Gasteiger partial charge on any atom is -0.216 e. The Morgan fingerprint density at radius 2 is 2.05 bits per heavy atom. The number of rotatable bonds is 3. The van der Waals surface area contributed by atoms with Gasteiger partial charge in [0, 0.05) is 17.8 Å². The van der Waals surface area contributed by atoms with Crippen LogP contribution >= 0.6 is 11.8 Å². The van der Waals surface area contributed by atoms with E-state index in [1.165, 1.54) is 17.8 Å². The lowest BCUT2D eigenvalue weighted by Crippen LogP contribution is -2.06. The molecule has 3 rings (SSSR count). The number of aromatic nitrogens is 4. The highest BCUT2D eigenvalue weighted by Crippen LogP contribution is 2.20. The van der Waals surface area contributed by atoms with Gasteiger partial charge < -0.3 is 0 Å². The van der Waals surface area contributed by atoms with E-state index in [1.54, 1.807) is 16.6 Å². The van der Waals surface area contributed by atoms with Crippen LogP contribution in [0.15, 0.2) is 29.4 Å². The minimum atomic E-state index is -0.220. The molecule has 1 aromatic carbocycles. The fourth-order valence-electron chi connectivity index (χ4n) is 2.38. The predicted octanol–water partition coefficient (Wildman–Crippen LogP) is 3.19. The topological polar surface area (TPSA) is 43.1 Å². The van der Waals surface area contributed by atoms with Gasteiger partial charge in [0.15, 0.2) is 0 Å². The lowest BCUT2D eigenvalue weighted by atomic mass is 10.0. The van der Waals surface area contributed by atoms with Crippen molar-refractivity contribution in [3.8, 4) is 0 Å². The van der Waals surface area contributed by atoms with E-state index >= 15 is 0 Å². The third-order valence-electron chi connectivity index (χ3n) is 3.48. The second-order valence-corrected chi connectivity index (χ2v) is 5.65. The van der Waals surface area contributed by atoms with Gasteiger partial charge in [0.05, 0.1) is 0 Å². The van der Waals surface area contributed by atoms with Crippen LogP contribution in [0.5, 0.6) is 0 Å². The molecule has 0 atom stereocenters. The number of thioether (sulfide) groups is 1. The molecular weight excluding hydrogens is 287 g/mol. The molecule has 2 heterocycles. The first-order valence-electron chi connectivity index (χ1n) is 6.60. The fraction of sp³-hybridized carbons (Fsp3) is 0.267. The monoisotopic (exact) mass is 302 g/mol. The normalized spacial score (nSPS) is 11.2. The summed E-state index contributed by atoms with van der Waals surface area (Å²) in [5.41, 5.74) is 3.89. The quantitative estimate of drug-likeness (QED) is 0.697. The summed E-state index contributed by atoms with van der Waals surface area (Å²) in [5, 5.41) is 5.13. The molecule has 0 N–H and O–H groups in total. The van der Waals surface area contributed by atoms with Crippen molar-refractivity contribution in [2.75, 3.05) is 6.26 Å². The Hall–Kier alpha value is -1.95. The Labute approximate surface area is 126 Å². The van der Waals surface area contributed by atoms with Gasteiger partial charge in [0.25, 0.3) is 5.78 Å². The molecule has 21 heavy (non-hydrogen) atoms. The summed E-state index contributed by atoms with van der Waals surface area (Å²) in [6.07, 6.45) is 2.57. The lowest BCUT2D eigenvalue weighted by molar-refractivity contribution is 0.626. The van der Waals surface area contributed by atoms with Crippen LogP contribution in [0.1, 0.15) is 22.5 Å². The third-order valence-corrected chi connectivity index (χ3v) is 4.02. The zero-order valence-electron chi connectivity index (χ0n) is 12.1. The highest BCUT2D eigenvalue weighted by molar-refractivity contribution is 7.98. The summed E-state index contributed by atoms with van der Waals surface area (Å²) in [6.45, 7) is 3.95. The summed E-state index contributed by atoms with van der Waals surface area (Å²) < 4.78 is 15.1. The summed E-state index contributed by atoms with van der Waals surface area (Å²) in [6, 6.07) is 6.65. The smallest absolute Gasteiger partial charge is 0.216 e. The van der Waals surface area contributed by atoms with Gasteiger partial charge in [0.2, 0.25) is 5.16 Å². The summed E-state index contributed by atoms with van der Waals surface area (Å²) >= 11 is 1.49. The first-order valence-corrected chi connectivity index (χ1v) is 7.82. The zero-order chi connectivity index (χ0) is 15.0. The standard InChI is InChI=1S/C15H15FN4S/c1-9-13(8-11-5-4-6-12(16)7-11)10(2)20-14(17-9)18-15(19-20)21-3/h4-7H,8H2,1-3H3. The molecule has 0 bridgehead atoms. The van der Waals surface area contributed by atoms with Gasteiger partial charge in [-0.1, -0.05) is 23.9 Å². The van der Waals surface area contributed by atoms with Gasteiger partial charge in [0.1, 0.15) is 5.82 Å². The number of fused-ring (bicyclic) bond motifs is 1. The number of benzene rings is 1. The van der Waals surface area contributed by atoms with Crippen LogP contribution in [0.4, 0.5) is 4.39 Å². The number of hydrogen-bond acceptors (Lipinski definition) is 4. The SMILES string of the molecule is CSc1nc2nc(C)c(Cc3cccc(F)c3)c(C)n2n1. The van der Waals surface area contributed by atoms with E-state index < -0.39 is 0 Å². The van der Waals surface area contributed by atoms with Crippen LogP contribution in [0.3, 0.4) is 0 Å². The Morgan fingerprint density at radius 3 is 2.76 bits per heavy atom. The van der Waals surface area contributed by atoms with Crippen LogP contribution in [0.2, 0.25) is 0 Å². The molecule has 4 nitrogen and oxygen atoms in total. The van der Waals surface area contributed by atoms with Crippen molar-refractivity contribution in [2.45, 2.75) is 25.4 Å². The molecule has 2 aromatic heterocycles. The van der Waals surface area contributed by atoms with Crippen LogP contribution in [0.25, 0.3) is 5.78 Å². The molecule has 0 aliphatic rings. The molecule has 0 amide bonds. The second kappa shape index (κ2) is 5.44. The molecule has 0 spiro atoms. The Morgan fingerprint density at radius 1 is 1.24 bits per heavy atom. The highest BCUT2D eigenvalue weighted by atomic mass is 32.2. The minimum absolute atomic E-state index is 0.220. The first-order chi connectivity index (χ1) is 10.1. The molecule has 0 aliphatic carbocycles. The van der Waals surface area contributed by atoms with Crippen molar-refractivity contribution in [1.82, 2.24) is 19.6 Å². The van der Waals surface area contributed by atoms with Crippen molar-refractivity contribution < 1.29 is 4.39 Å². The van der Waals surface area contributed by atoms with Crippen molar-refractivity contribution in [1.29, 1.82) is 0 Å². The van der Waals surface area contributed by atoms with Gasteiger partial charge in [-0.25, -0.2) is 13.9 Å². The molecule has 0 aliphatic heterocycles. The van der Waals surface area contributed by atoms with Crippen LogP contribution in [0, 0.1) is 19.7 Å². The zero-order valence-corrected chi connectivity index (χ0v) is 12.9. The molecule has 0 unspecified atom stereocenters. The van der Waals surface area contributed by atoms with E-state index in [9.17, 15) is 4.39 Å². The molecular formula is C15H15FN4S. The highest BCUT2D eigenvalue weighted by Gasteiger charge is 2.13. The molecule has 6 heteroatoms. The van der Waals surface area contributed by atoms with Crippen molar-refractivity contribution in [2.24, 2.45) is 0 Å². The van der Waals surface area contributed by atoms with E-state index in [1.807, 2.05) is 26.2 Å². The average Bonchev–Trinajstić information content (AvgIpc) is 2.87. The average molecular weight is 302 g/mol. The second-order valence-electron chi connectivity index (χ2n) is 4.88. The predicted molar refractivity (Wildman–Crippen MR) is 81.2 cm³/mol. The van der Waals surface area contributed by atoms with E-state index in [4.69, 9.17) is 0 Å². The van der Waals surface area contributed by atoms with E-state index in [0.29, 0.717) is 17.4 Å². The number of nitrogens with zero attached hydrogens (tertiary/aromatic N) is 4. The van der Waals surface area contributed by atoms with Gasteiger partial charge in [-0.3, -0.25) is 0 Å². The maximum Gasteiger partial charge on any atom is 0.253 e. The van der Waals surface area contributed by atoms with Crippen LogP contribution in [-0.2, 0) is 6.42 Å². The summed E-state index contributed by atoms with van der Waals surface area (Å²) in [7, 11) is 0. The molecule has 3 aromatic rings. The Kier molecular flexibility index (Phi) is 3.63. The maximum absolute atomic E-state index is 13.3. The number of hydrogen-bond donors (Lipinski definition) is 0. The number of aryl methyl sites for hydroxylation is 2. The number of halogens is 1. The third kappa shape index (κ3) is 2.63. The first kappa shape index (κ1) is 14.0. The van der Waals surface area contributed by atoms with Gasteiger partial charge in [-0.15, -0.1) is 5.10 Å². The molecule has 0 fully saturated rings.